The van der Waals surface area contributed by atoms with E-state index >= 15 is 0 Å². The fourth-order valence-electron chi connectivity index (χ4n) is 2.36. The minimum Gasteiger partial charge on any atom is -0.378 e. The van der Waals surface area contributed by atoms with Crippen LogP contribution >= 0.6 is 11.6 Å². The molecule has 4 heteroatoms. The molecular weight excluding hydrogens is 236 g/mol. The van der Waals surface area contributed by atoms with Gasteiger partial charge in [-0.15, -0.1) is 0 Å². The molecule has 1 atom stereocenters. The van der Waals surface area contributed by atoms with Gasteiger partial charge >= 0.3 is 0 Å². The molecule has 3 nitrogen and oxygen atoms in total. The molecule has 0 radical (unpaired) electrons. The van der Waals surface area contributed by atoms with Crippen LogP contribution in [0.5, 0.6) is 0 Å². The van der Waals surface area contributed by atoms with Crippen molar-refractivity contribution in [2.75, 3.05) is 6.61 Å². The third-order valence-electron chi connectivity index (χ3n) is 3.15. The normalized spacial score (nSPS) is 20.2. The molecule has 2 rings (SSSR count). The van der Waals surface area contributed by atoms with Gasteiger partial charge in [0.2, 0.25) is 0 Å². The van der Waals surface area contributed by atoms with E-state index in [0.29, 0.717) is 11.1 Å². The van der Waals surface area contributed by atoms with Gasteiger partial charge in [0.25, 0.3) is 0 Å². The van der Waals surface area contributed by atoms with Gasteiger partial charge in [-0.2, -0.15) is 0 Å². The van der Waals surface area contributed by atoms with Gasteiger partial charge in [-0.25, -0.2) is 9.97 Å². The van der Waals surface area contributed by atoms with Gasteiger partial charge in [0.1, 0.15) is 11.0 Å². The quantitative estimate of drug-likeness (QED) is 0.777. The molecule has 0 N–H and O–H groups in total. The molecule has 1 saturated heterocycles. The molecule has 0 spiro atoms. The second-order valence-corrected chi connectivity index (χ2v) is 5.28. The number of rotatable bonds is 3. The lowest BCUT2D eigenvalue weighted by Gasteiger charge is -2.14. The molecule has 1 fully saturated rings. The summed E-state index contributed by atoms with van der Waals surface area (Å²) < 4.78 is 5.59. The van der Waals surface area contributed by atoms with Crippen molar-refractivity contribution in [3.05, 3.63) is 22.2 Å². The number of hydrogen-bond donors (Lipinski definition) is 0. The van der Waals surface area contributed by atoms with Crippen molar-refractivity contribution in [3.63, 3.8) is 0 Å². The molecule has 1 aliphatic rings. The Labute approximate surface area is 108 Å². The minimum absolute atomic E-state index is 0.273. The Kier molecular flexibility index (Phi) is 4.00. The van der Waals surface area contributed by atoms with Crippen LogP contribution in [0.15, 0.2) is 0 Å². The minimum atomic E-state index is 0.273. The maximum absolute atomic E-state index is 6.22. The summed E-state index contributed by atoms with van der Waals surface area (Å²) in [6, 6.07) is 0. The highest BCUT2D eigenvalue weighted by Gasteiger charge is 2.19. The number of aryl methyl sites for hydroxylation is 1. The molecule has 0 aromatic carbocycles. The highest BCUT2D eigenvalue weighted by molar-refractivity contribution is 6.30. The summed E-state index contributed by atoms with van der Waals surface area (Å²) in [6.07, 6.45) is 3.29. The molecule has 1 unspecified atom stereocenters. The zero-order valence-corrected chi connectivity index (χ0v) is 11.4. The van der Waals surface area contributed by atoms with Crippen LogP contribution in [-0.4, -0.2) is 22.7 Å². The van der Waals surface area contributed by atoms with Gasteiger partial charge in [0, 0.05) is 24.3 Å². The van der Waals surface area contributed by atoms with E-state index in [9.17, 15) is 0 Å². The molecule has 0 saturated carbocycles. The SMILES string of the molecule is Cc1nc(CC2CCCO2)nc(Cl)c1C(C)C. The first-order chi connectivity index (χ1) is 8.08. The van der Waals surface area contributed by atoms with Gasteiger partial charge in [-0.1, -0.05) is 25.4 Å². The predicted octanol–water partition coefficient (Wildman–Crippen LogP) is 3.28. The highest BCUT2D eigenvalue weighted by Crippen LogP contribution is 2.25. The van der Waals surface area contributed by atoms with E-state index in [1.54, 1.807) is 0 Å². The Morgan fingerprint density at radius 3 is 2.71 bits per heavy atom. The van der Waals surface area contributed by atoms with Gasteiger partial charge < -0.3 is 4.74 Å². The van der Waals surface area contributed by atoms with Crippen molar-refractivity contribution in [1.82, 2.24) is 9.97 Å². The van der Waals surface area contributed by atoms with Crippen molar-refractivity contribution in [3.8, 4) is 0 Å². The Balaban J connectivity index is 2.19. The maximum Gasteiger partial charge on any atom is 0.136 e. The van der Waals surface area contributed by atoms with Gasteiger partial charge in [-0.3, -0.25) is 0 Å². The van der Waals surface area contributed by atoms with E-state index < -0.39 is 0 Å². The zero-order chi connectivity index (χ0) is 12.4. The summed E-state index contributed by atoms with van der Waals surface area (Å²) >= 11 is 6.22. The molecule has 0 amide bonds. The standard InChI is InChI=1S/C13H19ClN2O/c1-8(2)12-9(3)15-11(16-13(12)14)7-10-5-4-6-17-10/h8,10H,4-7H2,1-3H3. The fraction of sp³-hybridized carbons (Fsp3) is 0.692. The summed E-state index contributed by atoms with van der Waals surface area (Å²) in [4.78, 5) is 8.94. The molecule has 0 aliphatic carbocycles. The second kappa shape index (κ2) is 5.32. The highest BCUT2D eigenvalue weighted by atomic mass is 35.5. The molecule has 1 aromatic rings. The van der Waals surface area contributed by atoms with E-state index in [4.69, 9.17) is 16.3 Å². The predicted molar refractivity (Wildman–Crippen MR) is 68.5 cm³/mol. The number of halogens is 1. The first-order valence-electron chi connectivity index (χ1n) is 6.22. The first kappa shape index (κ1) is 12.8. The molecule has 1 aliphatic heterocycles. The van der Waals surface area contributed by atoms with Crippen LogP contribution in [-0.2, 0) is 11.2 Å². The van der Waals surface area contributed by atoms with Crippen LogP contribution in [0, 0.1) is 6.92 Å². The number of ether oxygens (including phenoxy) is 1. The third kappa shape index (κ3) is 2.96. The Morgan fingerprint density at radius 2 is 2.18 bits per heavy atom. The smallest absolute Gasteiger partial charge is 0.136 e. The van der Waals surface area contributed by atoms with Crippen molar-refractivity contribution < 1.29 is 4.74 Å². The molecule has 17 heavy (non-hydrogen) atoms. The number of hydrogen-bond acceptors (Lipinski definition) is 3. The van der Waals surface area contributed by atoms with Crippen LogP contribution in [0.3, 0.4) is 0 Å². The lowest BCUT2D eigenvalue weighted by Crippen LogP contribution is -2.13. The van der Waals surface area contributed by atoms with Crippen LogP contribution < -0.4 is 0 Å². The summed E-state index contributed by atoms with van der Waals surface area (Å²) in [5, 5.41) is 0.598. The van der Waals surface area contributed by atoms with E-state index in [1.807, 2.05) is 6.92 Å². The van der Waals surface area contributed by atoms with Crippen molar-refractivity contribution in [2.45, 2.75) is 52.1 Å². The Hall–Kier alpha value is -0.670. The Bertz CT molecular complexity index is 377. The largest absolute Gasteiger partial charge is 0.378 e. The molecule has 1 aromatic heterocycles. The van der Waals surface area contributed by atoms with Crippen molar-refractivity contribution in [1.29, 1.82) is 0 Å². The van der Waals surface area contributed by atoms with Crippen molar-refractivity contribution >= 4 is 11.6 Å². The molecule has 0 bridgehead atoms. The van der Waals surface area contributed by atoms with E-state index in [2.05, 4.69) is 23.8 Å². The third-order valence-corrected chi connectivity index (χ3v) is 3.44. The number of aromatic nitrogens is 2. The van der Waals surface area contributed by atoms with E-state index in [-0.39, 0.29) is 6.10 Å². The van der Waals surface area contributed by atoms with Crippen LogP contribution in [0.1, 0.15) is 49.7 Å². The van der Waals surface area contributed by atoms with Gasteiger partial charge in [-0.05, 0) is 25.7 Å². The second-order valence-electron chi connectivity index (χ2n) is 4.92. The van der Waals surface area contributed by atoms with Crippen molar-refractivity contribution in [2.24, 2.45) is 0 Å². The summed E-state index contributed by atoms with van der Waals surface area (Å²) in [7, 11) is 0. The van der Waals surface area contributed by atoms with Gasteiger partial charge in [0.05, 0.1) is 6.10 Å². The topological polar surface area (TPSA) is 35.0 Å². The average Bonchev–Trinajstić information content (AvgIpc) is 2.68. The summed E-state index contributed by atoms with van der Waals surface area (Å²) in [6.45, 7) is 7.08. The maximum atomic E-state index is 6.22. The van der Waals surface area contributed by atoms with E-state index in [0.717, 1.165) is 43.0 Å². The fourth-order valence-corrected chi connectivity index (χ4v) is 2.81. The first-order valence-corrected chi connectivity index (χ1v) is 6.60. The molecular formula is C13H19ClN2O. The zero-order valence-electron chi connectivity index (χ0n) is 10.7. The summed E-state index contributed by atoms with van der Waals surface area (Å²) in [5.41, 5.74) is 2.05. The Morgan fingerprint density at radius 1 is 1.41 bits per heavy atom. The lowest BCUT2D eigenvalue weighted by molar-refractivity contribution is 0.110. The average molecular weight is 255 g/mol. The van der Waals surface area contributed by atoms with Gasteiger partial charge in [0.15, 0.2) is 0 Å². The van der Waals surface area contributed by atoms with Crippen LogP contribution in [0.4, 0.5) is 0 Å². The van der Waals surface area contributed by atoms with Crippen LogP contribution in [0.25, 0.3) is 0 Å². The summed E-state index contributed by atoms with van der Waals surface area (Å²) in [5.74, 6) is 1.17. The monoisotopic (exact) mass is 254 g/mol. The molecule has 2 heterocycles. The lowest BCUT2D eigenvalue weighted by atomic mass is 10.0. The van der Waals surface area contributed by atoms with E-state index in [1.165, 1.54) is 0 Å². The molecule has 94 valence electrons. The number of nitrogens with zero attached hydrogens (tertiary/aromatic N) is 2. The van der Waals surface area contributed by atoms with Crippen LogP contribution in [0.2, 0.25) is 5.15 Å².